The Morgan fingerprint density at radius 1 is 1.29 bits per heavy atom. The maximum atomic E-state index is 12.6. The summed E-state index contributed by atoms with van der Waals surface area (Å²) in [7, 11) is 0. The summed E-state index contributed by atoms with van der Waals surface area (Å²) in [5, 5.41) is 1.93. The van der Waals surface area contributed by atoms with E-state index in [0.717, 1.165) is 17.2 Å². The Morgan fingerprint density at radius 2 is 2.17 bits per heavy atom. The highest BCUT2D eigenvalue weighted by Crippen LogP contribution is 2.15. The Kier molecular flexibility index (Phi) is 5.11. The van der Waals surface area contributed by atoms with Gasteiger partial charge < -0.3 is 9.47 Å². The van der Waals surface area contributed by atoms with Crippen LogP contribution in [-0.4, -0.2) is 26.9 Å². The fourth-order valence-electron chi connectivity index (χ4n) is 2.70. The van der Waals surface area contributed by atoms with Crippen molar-refractivity contribution in [2.45, 2.75) is 26.9 Å². The van der Waals surface area contributed by atoms with Gasteiger partial charge in [0, 0.05) is 25.5 Å². The van der Waals surface area contributed by atoms with Gasteiger partial charge in [0.25, 0.3) is 5.91 Å². The third kappa shape index (κ3) is 3.74. The van der Waals surface area contributed by atoms with Crippen LogP contribution in [0, 0.1) is 6.92 Å². The van der Waals surface area contributed by atoms with Crippen molar-refractivity contribution in [1.82, 2.24) is 14.5 Å². The highest BCUT2D eigenvalue weighted by molar-refractivity contribution is 7.12. The van der Waals surface area contributed by atoms with Gasteiger partial charge >= 0.3 is 0 Å². The molecule has 0 aliphatic rings. The molecular weight excluding hydrogens is 318 g/mol. The molecule has 0 saturated carbocycles. The first kappa shape index (κ1) is 16.5. The van der Waals surface area contributed by atoms with E-state index in [1.807, 2.05) is 35.5 Å². The lowest BCUT2D eigenvalue weighted by Gasteiger charge is -2.20. The van der Waals surface area contributed by atoms with Gasteiger partial charge in [-0.25, -0.2) is 4.98 Å². The summed E-state index contributed by atoms with van der Waals surface area (Å²) in [5.74, 6) is 0.973. The molecule has 0 saturated heterocycles. The molecule has 124 valence electrons. The van der Waals surface area contributed by atoms with Crippen molar-refractivity contribution in [3.05, 3.63) is 76.0 Å². The van der Waals surface area contributed by atoms with E-state index in [1.54, 1.807) is 6.20 Å². The van der Waals surface area contributed by atoms with Crippen LogP contribution in [0.2, 0.25) is 0 Å². The first-order valence-corrected chi connectivity index (χ1v) is 8.93. The van der Waals surface area contributed by atoms with E-state index < -0.39 is 0 Å². The second-order valence-electron chi connectivity index (χ2n) is 5.76. The van der Waals surface area contributed by atoms with Crippen molar-refractivity contribution in [3.8, 4) is 0 Å². The average molecular weight is 339 g/mol. The fourth-order valence-corrected chi connectivity index (χ4v) is 3.39. The number of benzene rings is 1. The monoisotopic (exact) mass is 339 g/mol. The molecular formula is C19H21N3OS. The quantitative estimate of drug-likeness (QED) is 0.682. The van der Waals surface area contributed by atoms with Crippen LogP contribution in [0.15, 0.2) is 54.2 Å². The SMILES string of the molecule is CCN(Cc1nccn1Cc1cccc(C)c1)C(=O)c1cccs1. The summed E-state index contributed by atoms with van der Waals surface area (Å²) in [6.45, 7) is 6.04. The molecule has 0 fully saturated rings. The molecule has 0 radical (unpaired) electrons. The van der Waals surface area contributed by atoms with E-state index in [1.165, 1.54) is 22.5 Å². The molecule has 0 N–H and O–H groups in total. The largest absolute Gasteiger partial charge is 0.331 e. The molecule has 24 heavy (non-hydrogen) atoms. The second kappa shape index (κ2) is 7.45. The number of nitrogens with zero attached hydrogens (tertiary/aromatic N) is 3. The second-order valence-corrected chi connectivity index (χ2v) is 6.70. The van der Waals surface area contributed by atoms with Crippen LogP contribution in [0.5, 0.6) is 0 Å². The zero-order valence-electron chi connectivity index (χ0n) is 14.0. The first-order valence-electron chi connectivity index (χ1n) is 8.05. The van der Waals surface area contributed by atoms with Crippen LogP contribution in [0.25, 0.3) is 0 Å². The third-order valence-electron chi connectivity index (χ3n) is 3.97. The number of carbonyl (C=O) groups is 1. The minimum atomic E-state index is 0.0672. The smallest absolute Gasteiger partial charge is 0.264 e. The summed E-state index contributed by atoms with van der Waals surface area (Å²) in [6, 6.07) is 12.2. The van der Waals surface area contributed by atoms with Crippen molar-refractivity contribution in [2.24, 2.45) is 0 Å². The molecule has 2 heterocycles. The number of hydrogen-bond acceptors (Lipinski definition) is 3. The summed E-state index contributed by atoms with van der Waals surface area (Å²) in [5.41, 5.74) is 2.49. The first-order chi connectivity index (χ1) is 11.7. The highest BCUT2D eigenvalue weighted by atomic mass is 32.1. The van der Waals surface area contributed by atoms with Gasteiger partial charge in [0.2, 0.25) is 0 Å². The molecule has 0 bridgehead atoms. The van der Waals surface area contributed by atoms with E-state index >= 15 is 0 Å². The van der Waals surface area contributed by atoms with Gasteiger partial charge in [-0.1, -0.05) is 35.9 Å². The topological polar surface area (TPSA) is 38.1 Å². The number of aryl methyl sites for hydroxylation is 1. The standard InChI is InChI=1S/C19H21N3OS/c1-3-21(19(23)17-8-5-11-24-17)14-18-20-9-10-22(18)13-16-7-4-6-15(2)12-16/h4-12H,3,13-14H2,1-2H3. The van der Waals surface area contributed by atoms with Crippen molar-refractivity contribution in [3.63, 3.8) is 0 Å². The van der Waals surface area contributed by atoms with Gasteiger partial charge in [0.15, 0.2) is 0 Å². The van der Waals surface area contributed by atoms with Crippen molar-refractivity contribution in [2.75, 3.05) is 6.54 Å². The highest BCUT2D eigenvalue weighted by Gasteiger charge is 2.17. The number of carbonyl (C=O) groups excluding carboxylic acids is 1. The fraction of sp³-hybridized carbons (Fsp3) is 0.263. The molecule has 1 amide bonds. The number of imidazole rings is 1. The molecule has 1 aromatic carbocycles. The Labute approximate surface area is 146 Å². The molecule has 0 aliphatic heterocycles. The van der Waals surface area contributed by atoms with Gasteiger partial charge in [-0.3, -0.25) is 4.79 Å². The summed E-state index contributed by atoms with van der Waals surface area (Å²) < 4.78 is 2.11. The maximum Gasteiger partial charge on any atom is 0.264 e. The number of rotatable bonds is 6. The van der Waals surface area contributed by atoms with Crippen LogP contribution in [0.1, 0.15) is 33.5 Å². The normalized spacial score (nSPS) is 10.8. The van der Waals surface area contributed by atoms with Crippen molar-refractivity contribution < 1.29 is 4.79 Å². The summed E-state index contributed by atoms with van der Waals surface area (Å²) in [6.07, 6.45) is 3.77. The Hall–Kier alpha value is -2.40. The summed E-state index contributed by atoms with van der Waals surface area (Å²) in [4.78, 5) is 19.6. The number of aromatic nitrogens is 2. The van der Waals surface area contributed by atoms with Gasteiger partial charge in [0.05, 0.1) is 11.4 Å². The van der Waals surface area contributed by atoms with E-state index in [0.29, 0.717) is 13.1 Å². The van der Waals surface area contributed by atoms with Crippen molar-refractivity contribution >= 4 is 17.2 Å². The van der Waals surface area contributed by atoms with Crippen LogP contribution in [0.4, 0.5) is 0 Å². The minimum Gasteiger partial charge on any atom is -0.331 e. The lowest BCUT2D eigenvalue weighted by Crippen LogP contribution is -2.31. The van der Waals surface area contributed by atoms with E-state index in [2.05, 4.69) is 40.7 Å². The van der Waals surface area contributed by atoms with Crippen LogP contribution in [-0.2, 0) is 13.1 Å². The molecule has 0 atom stereocenters. The molecule has 3 aromatic rings. The predicted molar refractivity (Wildman–Crippen MR) is 97.2 cm³/mol. The van der Waals surface area contributed by atoms with E-state index in [-0.39, 0.29) is 5.91 Å². The molecule has 5 heteroatoms. The van der Waals surface area contributed by atoms with Crippen molar-refractivity contribution in [1.29, 1.82) is 0 Å². The maximum absolute atomic E-state index is 12.6. The van der Waals surface area contributed by atoms with Gasteiger partial charge in [-0.15, -0.1) is 11.3 Å². The third-order valence-corrected chi connectivity index (χ3v) is 4.83. The molecule has 2 aromatic heterocycles. The van der Waals surface area contributed by atoms with E-state index in [4.69, 9.17) is 0 Å². The lowest BCUT2D eigenvalue weighted by molar-refractivity contribution is 0.0752. The Bertz CT molecular complexity index is 808. The zero-order chi connectivity index (χ0) is 16.9. The van der Waals surface area contributed by atoms with E-state index in [9.17, 15) is 4.79 Å². The zero-order valence-corrected chi connectivity index (χ0v) is 14.8. The molecule has 0 unspecified atom stereocenters. The molecule has 0 aliphatic carbocycles. The Balaban J connectivity index is 1.75. The van der Waals surface area contributed by atoms with Gasteiger partial charge in [-0.2, -0.15) is 0 Å². The van der Waals surface area contributed by atoms with Gasteiger partial charge in [-0.05, 0) is 30.9 Å². The summed E-state index contributed by atoms with van der Waals surface area (Å²) >= 11 is 1.48. The average Bonchev–Trinajstić information content (AvgIpc) is 3.24. The molecule has 0 spiro atoms. The number of thiophene rings is 1. The number of amides is 1. The van der Waals surface area contributed by atoms with Crippen LogP contribution in [0.3, 0.4) is 0 Å². The molecule has 4 nitrogen and oxygen atoms in total. The predicted octanol–water partition coefficient (Wildman–Crippen LogP) is 3.96. The minimum absolute atomic E-state index is 0.0672. The van der Waals surface area contributed by atoms with Crippen LogP contribution >= 0.6 is 11.3 Å². The number of hydrogen-bond donors (Lipinski definition) is 0. The molecule has 3 rings (SSSR count). The van der Waals surface area contributed by atoms with Crippen LogP contribution < -0.4 is 0 Å². The Morgan fingerprint density at radius 3 is 2.88 bits per heavy atom. The lowest BCUT2D eigenvalue weighted by atomic mass is 10.1. The van der Waals surface area contributed by atoms with Gasteiger partial charge in [0.1, 0.15) is 5.82 Å².